The molecule has 7 aromatic carbocycles. The van der Waals surface area contributed by atoms with Crippen LogP contribution in [0.25, 0.3) is 54.6 Å². The molecule has 0 fully saturated rings. The maximum atomic E-state index is 6.26. The van der Waals surface area contributed by atoms with E-state index >= 15 is 0 Å². The van der Waals surface area contributed by atoms with Crippen LogP contribution in [0.1, 0.15) is 0 Å². The van der Waals surface area contributed by atoms with E-state index in [0.29, 0.717) is 0 Å². The van der Waals surface area contributed by atoms with Crippen molar-refractivity contribution < 1.29 is 4.74 Å². The molecule has 0 spiro atoms. The Kier molecular flexibility index (Phi) is 4.83. The van der Waals surface area contributed by atoms with Crippen LogP contribution in [0.2, 0.25) is 0 Å². The Morgan fingerprint density at radius 2 is 0.974 bits per heavy atom. The third-order valence-electron chi connectivity index (χ3n) is 7.51. The van der Waals surface area contributed by atoms with Crippen molar-refractivity contribution in [3.05, 3.63) is 133 Å². The largest absolute Gasteiger partial charge is 0.455 e. The van der Waals surface area contributed by atoms with Crippen LogP contribution in [0.5, 0.6) is 11.5 Å². The van der Waals surface area contributed by atoms with Gasteiger partial charge in [-0.05, 0) is 84.9 Å². The number of rotatable bonds is 2. The molecular weight excluding hydrogens is 480 g/mol. The molecule has 0 aromatic heterocycles. The molecule has 1 aliphatic heterocycles. The molecule has 0 N–H and O–H groups in total. The van der Waals surface area contributed by atoms with E-state index in [-0.39, 0.29) is 0 Å². The Balaban J connectivity index is 1.28. The van der Waals surface area contributed by atoms with Gasteiger partial charge < -0.3 is 4.74 Å². The van der Waals surface area contributed by atoms with Crippen molar-refractivity contribution in [1.29, 1.82) is 0 Å². The fourth-order valence-corrected chi connectivity index (χ4v) is 6.81. The highest BCUT2D eigenvalue weighted by Gasteiger charge is 2.21. The lowest BCUT2D eigenvalue weighted by Gasteiger charge is -2.22. The monoisotopic (exact) mass is 502 g/mol. The number of ether oxygens (including phenoxy) is 1. The molecule has 8 rings (SSSR count). The van der Waals surface area contributed by atoms with E-state index in [2.05, 4.69) is 121 Å². The molecule has 1 heterocycles. The van der Waals surface area contributed by atoms with Gasteiger partial charge in [-0.15, -0.1) is 0 Å². The summed E-state index contributed by atoms with van der Waals surface area (Å²) < 4.78 is 6.26. The fraction of sp³-hybridized carbons (Fsp3) is 0. The molecule has 1 aliphatic rings. The summed E-state index contributed by atoms with van der Waals surface area (Å²) in [5.41, 5.74) is 4.82. The minimum Gasteiger partial charge on any atom is -0.455 e. The summed E-state index contributed by atoms with van der Waals surface area (Å²) in [6, 6.07) is 47.9. The second kappa shape index (κ2) is 8.51. The molecule has 2 heteroatoms. The molecule has 0 unspecified atom stereocenters. The molecule has 0 aliphatic carbocycles. The van der Waals surface area contributed by atoms with Crippen LogP contribution in [0.3, 0.4) is 0 Å². The summed E-state index contributed by atoms with van der Waals surface area (Å²) in [6.07, 6.45) is 0. The summed E-state index contributed by atoms with van der Waals surface area (Å²) in [5.74, 6) is 1.84. The van der Waals surface area contributed by atoms with Crippen LogP contribution < -0.4 is 4.74 Å². The first kappa shape index (κ1) is 21.5. The van der Waals surface area contributed by atoms with Crippen LogP contribution in [0, 0.1) is 0 Å². The minimum atomic E-state index is 0.917. The Bertz CT molecular complexity index is 2000. The van der Waals surface area contributed by atoms with Gasteiger partial charge in [-0.1, -0.05) is 115 Å². The van der Waals surface area contributed by atoms with Crippen LogP contribution >= 0.6 is 11.8 Å². The topological polar surface area (TPSA) is 9.23 Å². The average molecular weight is 503 g/mol. The van der Waals surface area contributed by atoms with Crippen molar-refractivity contribution in [2.24, 2.45) is 0 Å². The van der Waals surface area contributed by atoms with Crippen molar-refractivity contribution in [2.75, 3.05) is 0 Å². The third kappa shape index (κ3) is 3.34. The van der Waals surface area contributed by atoms with Gasteiger partial charge in [0.05, 0.1) is 9.79 Å². The minimum absolute atomic E-state index is 0.917. The number of para-hydroxylation sites is 1. The molecule has 1 nitrogen and oxygen atoms in total. The quantitative estimate of drug-likeness (QED) is 0.217. The van der Waals surface area contributed by atoms with E-state index in [1.807, 2.05) is 12.1 Å². The maximum Gasteiger partial charge on any atom is 0.142 e. The molecule has 7 aromatic rings. The number of fused-ring (bicyclic) bond motifs is 8. The predicted molar refractivity (Wildman–Crippen MR) is 160 cm³/mol. The van der Waals surface area contributed by atoms with Gasteiger partial charge in [-0.25, -0.2) is 0 Å². The zero-order valence-corrected chi connectivity index (χ0v) is 21.3. The van der Waals surface area contributed by atoms with Crippen molar-refractivity contribution in [2.45, 2.75) is 9.79 Å². The normalized spacial score (nSPS) is 12.3. The molecular formula is C36H22OS. The Morgan fingerprint density at radius 1 is 0.395 bits per heavy atom. The standard InChI is InChI=1S/C36H22OS/c1-2-13-29-27(11-1)28-12-3-4-14-30(28)32-22-24(19-20-31(29)32)23-9-7-10-25(21-23)26-15-8-17-34-36(26)38-35-18-6-5-16-33(35)37-34/h1-22H. The van der Waals surface area contributed by atoms with E-state index in [0.717, 1.165) is 16.4 Å². The molecule has 0 saturated heterocycles. The van der Waals surface area contributed by atoms with Crippen molar-refractivity contribution >= 4 is 44.1 Å². The van der Waals surface area contributed by atoms with Crippen LogP contribution in [-0.2, 0) is 0 Å². The molecule has 0 amide bonds. The number of hydrogen-bond donors (Lipinski definition) is 0. The number of benzene rings is 7. The highest BCUT2D eigenvalue weighted by atomic mass is 32.2. The number of hydrogen-bond acceptors (Lipinski definition) is 2. The lowest BCUT2D eigenvalue weighted by Crippen LogP contribution is -1.96. The van der Waals surface area contributed by atoms with Crippen LogP contribution in [-0.4, -0.2) is 0 Å². The van der Waals surface area contributed by atoms with E-state index < -0.39 is 0 Å². The smallest absolute Gasteiger partial charge is 0.142 e. The molecule has 0 atom stereocenters. The van der Waals surface area contributed by atoms with Crippen LogP contribution in [0.4, 0.5) is 0 Å². The first-order valence-electron chi connectivity index (χ1n) is 12.9. The average Bonchev–Trinajstić information content (AvgIpc) is 2.99. The summed E-state index contributed by atoms with van der Waals surface area (Å²) in [7, 11) is 0. The summed E-state index contributed by atoms with van der Waals surface area (Å²) in [4.78, 5) is 2.32. The van der Waals surface area contributed by atoms with Gasteiger partial charge in [0.1, 0.15) is 11.5 Å². The Morgan fingerprint density at radius 3 is 1.76 bits per heavy atom. The summed E-state index contributed by atoms with van der Waals surface area (Å²) in [6.45, 7) is 0. The van der Waals surface area contributed by atoms with Crippen molar-refractivity contribution in [3.8, 4) is 33.8 Å². The van der Waals surface area contributed by atoms with Gasteiger partial charge in [-0.3, -0.25) is 0 Å². The second-order valence-electron chi connectivity index (χ2n) is 9.72. The lowest BCUT2D eigenvalue weighted by molar-refractivity contribution is 0.455. The first-order chi connectivity index (χ1) is 18.8. The van der Waals surface area contributed by atoms with E-state index in [4.69, 9.17) is 4.74 Å². The zero-order chi connectivity index (χ0) is 25.1. The first-order valence-corrected chi connectivity index (χ1v) is 13.7. The van der Waals surface area contributed by atoms with Gasteiger partial charge in [0, 0.05) is 0 Å². The van der Waals surface area contributed by atoms with Gasteiger partial charge in [0.15, 0.2) is 0 Å². The summed E-state index contributed by atoms with van der Waals surface area (Å²) in [5, 5.41) is 7.79. The molecule has 178 valence electrons. The summed E-state index contributed by atoms with van der Waals surface area (Å²) >= 11 is 1.78. The van der Waals surface area contributed by atoms with E-state index in [9.17, 15) is 0 Å². The highest BCUT2D eigenvalue weighted by molar-refractivity contribution is 7.99. The predicted octanol–water partition coefficient (Wildman–Crippen LogP) is 10.7. The van der Waals surface area contributed by atoms with E-state index in [1.54, 1.807) is 11.8 Å². The van der Waals surface area contributed by atoms with Gasteiger partial charge in [-0.2, -0.15) is 0 Å². The fourth-order valence-electron chi connectivity index (χ4n) is 5.73. The zero-order valence-electron chi connectivity index (χ0n) is 20.5. The SMILES string of the molecule is c1cc(-c2ccc3c4ccccc4c4ccccc4c3c2)cc(-c2cccc3c2Sc2ccccc2O3)c1. The molecule has 0 saturated carbocycles. The van der Waals surface area contributed by atoms with Gasteiger partial charge >= 0.3 is 0 Å². The van der Waals surface area contributed by atoms with E-state index in [1.165, 1.54) is 59.5 Å². The van der Waals surface area contributed by atoms with Gasteiger partial charge in [0.2, 0.25) is 0 Å². The molecule has 0 bridgehead atoms. The molecule has 0 radical (unpaired) electrons. The third-order valence-corrected chi connectivity index (χ3v) is 8.69. The highest BCUT2D eigenvalue weighted by Crippen LogP contribution is 2.50. The lowest BCUT2D eigenvalue weighted by atomic mass is 9.91. The Hall–Kier alpha value is -4.53. The maximum absolute atomic E-state index is 6.26. The van der Waals surface area contributed by atoms with Gasteiger partial charge in [0.25, 0.3) is 0 Å². The molecule has 38 heavy (non-hydrogen) atoms. The van der Waals surface area contributed by atoms with Crippen molar-refractivity contribution in [3.63, 3.8) is 0 Å². The second-order valence-corrected chi connectivity index (χ2v) is 10.8. The van der Waals surface area contributed by atoms with Crippen molar-refractivity contribution in [1.82, 2.24) is 0 Å². The van der Waals surface area contributed by atoms with Crippen LogP contribution in [0.15, 0.2) is 143 Å². The Labute approximate surface area is 225 Å².